The van der Waals surface area contributed by atoms with Gasteiger partial charge in [0.05, 0.1) is 17.8 Å². The first-order valence-corrected chi connectivity index (χ1v) is 6.83. The van der Waals surface area contributed by atoms with Crippen molar-refractivity contribution < 1.29 is 19.4 Å². The van der Waals surface area contributed by atoms with E-state index < -0.39 is 11.7 Å². The summed E-state index contributed by atoms with van der Waals surface area (Å²) in [5.74, 6) is -0.290. The van der Waals surface area contributed by atoms with Crippen molar-refractivity contribution in [2.24, 2.45) is 5.92 Å². The highest BCUT2D eigenvalue weighted by atomic mass is 16.6. The van der Waals surface area contributed by atoms with Crippen LogP contribution in [0.1, 0.15) is 33.1 Å². The molecule has 3 aliphatic heterocycles. The summed E-state index contributed by atoms with van der Waals surface area (Å²) >= 11 is 0. The molecule has 3 rings (SSSR count). The molecule has 0 amide bonds. The van der Waals surface area contributed by atoms with Gasteiger partial charge in [0.25, 0.3) is 0 Å². The number of aliphatic hydroxyl groups excluding tert-OH is 1. The molecule has 0 aliphatic carbocycles. The molecule has 0 radical (unpaired) electrons. The Morgan fingerprint density at radius 2 is 2.26 bits per heavy atom. The Kier molecular flexibility index (Phi) is 2.84. The van der Waals surface area contributed by atoms with E-state index in [4.69, 9.17) is 9.47 Å². The maximum absolute atomic E-state index is 11.7. The molecule has 0 unspecified atom stereocenters. The van der Waals surface area contributed by atoms with Crippen LogP contribution in [0.2, 0.25) is 0 Å². The van der Waals surface area contributed by atoms with Gasteiger partial charge in [0.15, 0.2) is 0 Å². The van der Waals surface area contributed by atoms with E-state index in [2.05, 4.69) is 6.58 Å². The van der Waals surface area contributed by atoms with Gasteiger partial charge in [0.1, 0.15) is 6.10 Å². The van der Waals surface area contributed by atoms with Crippen LogP contribution in [0, 0.1) is 5.92 Å². The van der Waals surface area contributed by atoms with E-state index >= 15 is 0 Å². The fourth-order valence-electron chi connectivity index (χ4n) is 3.37. The lowest BCUT2D eigenvalue weighted by Crippen LogP contribution is -2.44. The average Bonchev–Trinajstić information content (AvgIpc) is 2.51. The summed E-state index contributed by atoms with van der Waals surface area (Å²) in [6, 6.07) is 0. The summed E-state index contributed by atoms with van der Waals surface area (Å²) in [4.78, 5) is 11.7. The molecule has 3 aliphatic rings. The quantitative estimate of drug-likeness (QED) is 0.411. The van der Waals surface area contributed by atoms with Crippen LogP contribution in [0.4, 0.5) is 0 Å². The first-order chi connectivity index (χ1) is 8.90. The van der Waals surface area contributed by atoms with Crippen LogP contribution < -0.4 is 0 Å². The summed E-state index contributed by atoms with van der Waals surface area (Å²) in [5.41, 5.74) is 1.00. The lowest BCUT2D eigenvalue weighted by atomic mass is 9.83. The van der Waals surface area contributed by atoms with E-state index in [1.54, 1.807) is 0 Å². The number of aliphatic hydroxyl groups is 1. The highest BCUT2D eigenvalue weighted by Crippen LogP contribution is 2.44. The fraction of sp³-hybridized carbons (Fsp3) is 0.667. The Bertz CT molecular complexity index is 467. The zero-order valence-electron chi connectivity index (χ0n) is 11.4. The number of carbonyl (C=O) groups excluding carboxylic acids is 1. The molecule has 1 N–H and O–H groups in total. The SMILES string of the molecule is C=C1C(=O)O[C@H]2C[C@]3(C)O[C@@H](C[C@H]12)C(C)=CC[C@H]3O. The number of hydrogen-bond acceptors (Lipinski definition) is 4. The fourth-order valence-corrected chi connectivity index (χ4v) is 3.37. The highest BCUT2D eigenvalue weighted by molar-refractivity contribution is 5.90. The number of ether oxygens (including phenoxy) is 2. The summed E-state index contributed by atoms with van der Waals surface area (Å²) < 4.78 is 11.6. The van der Waals surface area contributed by atoms with E-state index in [0.717, 1.165) is 5.57 Å². The second-order valence-corrected chi connectivity index (χ2v) is 6.13. The minimum Gasteiger partial charge on any atom is -0.458 e. The molecule has 0 aromatic heterocycles. The third-order valence-corrected chi connectivity index (χ3v) is 4.78. The molecule has 0 aromatic rings. The van der Waals surface area contributed by atoms with Crippen LogP contribution in [-0.2, 0) is 14.3 Å². The number of rotatable bonds is 0. The minimum absolute atomic E-state index is 0.00738. The highest BCUT2D eigenvalue weighted by Gasteiger charge is 2.51. The lowest BCUT2D eigenvalue weighted by Gasteiger charge is -2.35. The summed E-state index contributed by atoms with van der Waals surface area (Å²) in [5, 5.41) is 10.3. The van der Waals surface area contributed by atoms with Crippen LogP contribution in [0.5, 0.6) is 0 Å². The van der Waals surface area contributed by atoms with E-state index in [1.807, 2.05) is 19.9 Å². The van der Waals surface area contributed by atoms with Crippen molar-refractivity contribution in [2.75, 3.05) is 0 Å². The molecule has 2 bridgehead atoms. The molecule has 2 fully saturated rings. The number of esters is 1. The Balaban J connectivity index is 1.99. The van der Waals surface area contributed by atoms with Crippen molar-refractivity contribution in [1.82, 2.24) is 0 Å². The van der Waals surface area contributed by atoms with Gasteiger partial charge in [-0.15, -0.1) is 0 Å². The number of hydrogen-bond donors (Lipinski definition) is 1. The number of carbonyl (C=O) groups is 1. The molecular formula is C15H20O4. The molecule has 3 heterocycles. The zero-order chi connectivity index (χ0) is 13.8. The second kappa shape index (κ2) is 4.18. The van der Waals surface area contributed by atoms with Crippen molar-refractivity contribution in [3.05, 3.63) is 23.8 Å². The standard InChI is InChI=1S/C15H20O4/c1-8-4-5-13(16)15(3)7-12-10(6-11(8)19-15)9(2)14(17)18-12/h4,10-13,16H,2,5-7H2,1,3H3/t10-,11+,12+,13-,15+/m1/s1. The van der Waals surface area contributed by atoms with Crippen molar-refractivity contribution in [2.45, 2.75) is 57.0 Å². The molecule has 4 nitrogen and oxygen atoms in total. The van der Waals surface area contributed by atoms with Crippen LogP contribution in [0.25, 0.3) is 0 Å². The van der Waals surface area contributed by atoms with Gasteiger partial charge in [0, 0.05) is 17.9 Å². The topological polar surface area (TPSA) is 55.8 Å². The summed E-state index contributed by atoms with van der Waals surface area (Å²) in [6.07, 6.45) is 3.02. The normalized spacial score (nSPS) is 45.9. The van der Waals surface area contributed by atoms with Crippen molar-refractivity contribution >= 4 is 5.97 Å². The molecule has 19 heavy (non-hydrogen) atoms. The minimum atomic E-state index is -0.663. The van der Waals surface area contributed by atoms with Crippen LogP contribution >= 0.6 is 0 Å². The lowest BCUT2D eigenvalue weighted by molar-refractivity contribution is -0.151. The Morgan fingerprint density at radius 3 is 3.00 bits per heavy atom. The maximum Gasteiger partial charge on any atom is 0.334 e. The second-order valence-electron chi connectivity index (χ2n) is 6.13. The van der Waals surface area contributed by atoms with Crippen molar-refractivity contribution in [1.29, 1.82) is 0 Å². The third-order valence-electron chi connectivity index (χ3n) is 4.78. The molecule has 104 valence electrons. The van der Waals surface area contributed by atoms with Gasteiger partial charge in [-0.1, -0.05) is 12.7 Å². The van der Waals surface area contributed by atoms with E-state index in [0.29, 0.717) is 24.8 Å². The summed E-state index contributed by atoms with van der Waals surface area (Å²) in [7, 11) is 0. The Morgan fingerprint density at radius 1 is 1.53 bits per heavy atom. The van der Waals surface area contributed by atoms with Crippen molar-refractivity contribution in [3.63, 3.8) is 0 Å². The van der Waals surface area contributed by atoms with E-state index in [-0.39, 0.29) is 24.1 Å². The first-order valence-electron chi connectivity index (χ1n) is 6.83. The maximum atomic E-state index is 11.7. The largest absolute Gasteiger partial charge is 0.458 e. The van der Waals surface area contributed by atoms with Crippen molar-refractivity contribution in [3.8, 4) is 0 Å². The number of fused-ring (bicyclic) bond motifs is 3. The van der Waals surface area contributed by atoms with E-state index in [1.165, 1.54) is 0 Å². The predicted molar refractivity (Wildman–Crippen MR) is 69.4 cm³/mol. The predicted octanol–water partition coefficient (Wildman–Crippen LogP) is 1.73. The van der Waals surface area contributed by atoms with Gasteiger partial charge in [-0.3, -0.25) is 0 Å². The van der Waals surface area contributed by atoms with Gasteiger partial charge in [-0.05, 0) is 32.3 Å². The Labute approximate surface area is 113 Å². The van der Waals surface area contributed by atoms with Gasteiger partial charge in [-0.2, -0.15) is 0 Å². The van der Waals surface area contributed by atoms with E-state index in [9.17, 15) is 9.90 Å². The third kappa shape index (κ3) is 1.94. The molecular weight excluding hydrogens is 244 g/mol. The molecule has 0 saturated carbocycles. The molecule has 4 heteroatoms. The van der Waals surface area contributed by atoms with Gasteiger partial charge >= 0.3 is 5.97 Å². The van der Waals surface area contributed by atoms with Crippen LogP contribution in [0.15, 0.2) is 23.8 Å². The summed E-state index contributed by atoms with van der Waals surface area (Å²) in [6.45, 7) is 7.78. The van der Waals surface area contributed by atoms with Gasteiger partial charge in [0.2, 0.25) is 0 Å². The molecule has 2 saturated heterocycles. The van der Waals surface area contributed by atoms with Crippen LogP contribution in [-0.4, -0.2) is 35.0 Å². The molecule has 0 spiro atoms. The molecule has 5 atom stereocenters. The Hall–Kier alpha value is -1.13. The average molecular weight is 264 g/mol. The van der Waals surface area contributed by atoms with Gasteiger partial charge in [-0.25, -0.2) is 4.79 Å². The van der Waals surface area contributed by atoms with Crippen LogP contribution in [0.3, 0.4) is 0 Å². The van der Waals surface area contributed by atoms with Gasteiger partial charge < -0.3 is 14.6 Å². The zero-order valence-corrected chi connectivity index (χ0v) is 11.4. The monoisotopic (exact) mass is 264 g/mol. The molecule has 0 aromatic carbocycles. The first kappa shape index (κ1) is 12.9. The smallest absolute Gasteiger partial charge is 0.334 e.